The van der Waals surface area contributed by atoms with Crippen molar-refractivity contribution in [2.24, 2.45) is 0 Å². The van der Waals surface area contributed by atoms with Gasteiger partial charge in [0.1, 0.15) is 11.5 Å². The topological polar surface area (TPSA) is 98.5 Å². The monoisotopic (exact) mass is 444 g/mol. The molecule has 8 heteroatoms. The fraction of sp³-hybridized carbons (Fsp3) is 0.160. The maximum Gasteiger partial charge on any atom is 0.255 e. The number of nitrogens with zero attached hydrogens (tertiary/aromatic N) is 2. The van der Waals surface area contributed by atoms with Gasteiger partial charge >= 0.3 is 0 Å². The molecule has 2 N–H and O–H groups in total. The van der Waals surface area contributed by atoms with Gasteiger partial charge in [0.2, 0.25) is 11.7 Å². The highest BCUT2D eigenvalue weighted by molar-refractivity contribution is 6.04. The molecular weight excluding hydrogens is 420 g/mol. The third-order valence-electron chi connectivity index (χ3n) is 5.08. The summed E-state index contributed by atoms with van der Waals surface area (Å²) in [5.41, 5.74) is 3.77. The van der Waals surface area contributed by atoms with E-state index < -0.39 is 0 Å². The lowest BCUT2D eigenvalue weighted by Crippen LogP contribution is -2.12. The Bertz CT molecular complexity index is 1250. The minimum atomic E-state index is -0.184. The number of aromatic nitrogens is 2. The summed E-state index contributed by atoms with van der Waals surface area (Å²) < 4.78 is 16.1. The van der Waals surface area contributed by atoms with E-state index in [0.29, 0.717) is 40.9 Å². The first kappa shape index (κ1) is 21.9. The first-order valence-corrected chi connectivity index (χ1v) is 10.3. The predicted molar refractivity (Wildman–Crippen MR) is 126 cm³/mol. The van der Waals surface area contributed by atoms with Crippen molar-refractivity contribution in [2.75, 3.05) is 24.9 Å². The number of aryl methyl sites for hydroxylation is 1. The Morgan fingerprint density at radius 2 is 1.82 bits per heavy atom. The molecule has 1 aromatic heterocycles. The van der Waals surface area contributed by atoms with Crippen LogP contribution in [0.4, 0.5) is 11.4 Å². The number of rotatable bonds is 8. The molecule has 1 heterocycles. The van der Waals surface area contributed by atoms with E-state index in [1.54, 1.807) is 32.4 Å². The van der Waals surface area contributed by atoms with Crippen molar-refractivity contribution in [3.05, 3.63) is 83.7 Å². The minimum Gasteiger partial charge on any atom is -0.497 e. The molecule has 4 aromatic rings. The number of anilines is 2. The number of benzene rings is 3. The van der Waals surface area contributed by atoms with Crippen LogP contribution in [0.2, 0.25) is 0 Å². The quantitative estimate of drug-likeness (QED) is 0.398. The van der Waals surface area contributed by atoms with Crippen LogP contribution in [0.15, 0.2) is 71.3 Å². The lowest BCUT2D eigenvalue weighted by molar-refractivity contribution is 0.102. The number of hydrogen-bond acceptors (Lipinski definition) is 7. The predicted octanol–water partition coefficient (Wildman–Crippen LogP) is 4.93. The van der Waals surface area contributed by atoms with Crippen LogP contribution in [0.25, 0.3) is 11.4 Å². The van der Waals surface area contributed by atoms with Gasteiger partial charge in [0.15, 0.2) is 0 Å². The molecule has 33 heavy (non-hydrogen) atoms. The molecule has 0 fully saturated rings. The summed E-state index contributed by atoms with van der Waals surface area (Å²) in [5, 5.41) is 10.2. The Morgan fingerprint density at radius 1 is 1.00 bits per heavy atom. The highest BCUT2D eigenvalue weighted by atomic mass is 16.5. The maximum absolute atomic E-state index is 12.6. The van der Waals surface area contributed by atoms with Crippen LogP contribution in [0.5, 0.6) is 11.5 Å². The SMILES string of the molecule is COc1ccc(-c2noc(CNc3cc(C(=O)Nc4ccccc4)ccc3C)n2)c(OC)c1. The van der Waals surface area contributed by atoms with Crippen molar-refractivity contribution < 1.29 is 18.8 Å². The standard InChI is InChI=1S/C25H24N4O4/c1-16-9-10-17(25(30)27-18-7-5-4-6-8-18)13-21(16)26-15-23-28-24(29-33-23)20-12-11-19(31-2)14-22(20)32-3/h4-14,26H,15H2,1-3H3,(H,27,30). The summed E-state index contributed by atoms with van der Waals surface area (Å²) in [6.07, 6.45) is 0. The number of nitrogens with one attached hydrogen (secondary N) is 2. The molecule has 0 bridgehead atoms. The van der Waals surface area contributed by atoms with E-state index in [9.17, 15) is 4.79 Å². The van der Waals surface area contributed by atoms with Crippen LogP contribution in [-0.2, 0) is 6.54 Å². The van der Waals surface area contributed by atoms with Crippen molar-refractivity contribution in [1.82, 2.24) is 10.1 Å². The van der Waals surface area contributed by atoms with E-state index >= 15 is 0 Å². The Labute approximate surface area is 191 Å². The molecule has 0 aliphatic heterocycles. The van der Waals surface area contributed by atoms with Gasteiger partial charge in [-0.2, -0.15) is 4.98 Å². The minimum absolute atomic E-state index is 0.184. The molecule has 0 radical (unpaired) electrons. The number of para-hydroxylation sites is 1. The molecule has 0 saturated carbocycles. The van der Waals surface area contributed by atoms with Gasteiger partial charge < -0.3 is 24.6 Å². The Hall–Kier alpha value is -4.33. The van der Waals surface area contributed by atoms with Crippen molar-refractivity contribution in [3.8, 4) is 22.9 Å². The van der Waals surface area contributed by atoms with Gasteiger partial charge in [-0.15, -0.1) is 0 Å². The molecule has 8 nitrogen and oxygen atoms in total. The Kier molecular flexibility index (Phi) is 6.54. The number of ether oxygens (including phenoxy) is 2. The summed E-state index contributed by atoms with van der Waals surface area (Å²) in [6, 6.07) is 20.2. The molecule has 1 amide bonds. The number of hydrogen-bond donors (Lipinski definition) is 2. The van der Waals surface area contributed by atoms with Crippen LogP contribution < -0.4 is 20.1 Å². The van der Waals surface area contributed by atoms with Crippen LogP contribution in [0.1, 0.15) is 21.8 Å². The molecular formula is C25H24N4O4. The lowest BCUT2D eigenvalue weighted by atomic mass is 10.1. The van der Waals surface area contributed by atoms with E-state index in [-0.39, 0.29) is 5.91 Å². The molecule has 0 atom stereocenters. The van der Waals surface area contributed by atoms with E-state index in [2.05, 4.69) is 20.8 Å². The molecule has 0 spiro atoms. The second-order valence-electron chi connectivity index (χ2n) is 7.28. The number of methoxy groups -OCH3 is 2. The van der Waals surface area contributed by atoms with Gasteiger partial charge in [0.25, 0.3) is 5.91 Å². The summed E-state index contributed by atoms with van der Waals surface area (Å²) in [6.45, 7) is 2.26. The number of amides is 1. The first-order chi connectivity index (χ1) is 16.1. The second-order valence-corrected chi connectivity index (χ2v) is 7.28. The zero-order chi connectivity index (χ0) is 23.2. The highest BCUT2D eigenvalue weighted by Crippen LogP contribution is 2.31. The molecule has 0 unspecified atom stereocenters. The van der Waals surface area contributed by atoms with Crippen LogP contribution in [0, 0.1) is 6.92 Å². The largest absolute Gasteiger partial charge is 0.497 e. The van der Waals surface area contributed by atoms with Gasteiger partial charge in [-0.3, -0.25) is 4.79 Å². The summed E-state index contributed by atoms with van der Waals surface area (Å²) in [5.74, 6) is 1.90. The van der Waals surface area contributed by atoms with Crippen molar-refractivity contribution >= 4 is 17.3 Å². The smallest absolute Gasteiger partial charge is 0.255 e. The summed E-state index contributed by atoms with van der Waals surface area (Å²) in [4.78, 5) is 17.1. The van der Waals surface area contributed by atoms with E-state index in [4.69, 9.17) is 14.0 Å². The van der Waals surface area contributed by atoms with Gasteiger partial charge in [-0.05, 0) is 48.9 Å². The molecule has 0 aliphatic rings. The Balaban J connectivity index is 1.46. The van der Waals surface area contributed by atoms with Crippen molar-refractivity contribution in [2.45, 2.75) is 13.5 Å². The third kappa shape index (κ3) is 5.12. The van der Waals surface area contributed by atoms with Crippen LogP contribution >= 0.6 is 0 Å². The van der Waals surface area contributed by atoms with Crippen LogP contribution in [0.3, 0.4) is 0 Å². The molecule has 3 aromatic carbocycles. The van der Waals surface area contributed by atoms with E-state index in [0.717, 1.165) is 16.9 Å². The zero-order valence-corrected chi connectivity index (χ0v) is 18.6. The first-order valence-electron chi connectivity index (χ1n) is 10.3. The van der Waals surface area contributed by atoms with Gasteiger partial charge in [0.05, 0.1) is 26.3 Å². The number of carbonyl (C=O) groups is 1. The molecule has 4 rings (SSSR count). The van der Waals surface area contributed by atoms with Gasteiger partial charge in [-0.25, -0.2) is 0 Å². The maximum atomic E-state index is 12.6. The normalized spacial score (nSPS) is 10.5. The summed E-state index contributed by atoms with van der Waals surface area (Å²) in [7, 11) is 3.17. The molecule has 0 aliphatic carbocycles. The van der Waals surface area contributed by atoms with Crippen molar-refractivity contribution in [1.29, 1.82) is 0 Å². The number of carbonyl (C=O) groups excluding carboxylic acids is 1. The fourth-order valence-corrected chi connectivity index (χ4v) is 3.27. The zero-order valence-electron chi connectivity index (χ0n) is 18.6. The molecule has 168 valence electrons. The van der Waals surface area contributed by atoms with E-state index in [1.165, 1.54) is 0 Å². The van der Waals surface area contributed by atoms with Crippen molar-refractivity contribution in [3.63, 3.8) is 0 Å². The van der Waals surface area contributed by atoms with Gasteiger partial charge in [-0.1, -0.05) is 29.4 Å². The van der Waals surface area contributed by atoms with Gasteiger partial charge in [0, 0.05) is 23.0 Å². The third-order valence-corrected chi connectivity index (χ3v) is 5.08. The highest BCUT2D eigenvalue weighted by Gasteiger charge is 2.15. The van der Waals surface area contributed by atoms with Crippen LogP contribution in [-0.4, -0.2) is 30.3 Å². The van der Waals surface area contributed by atoms with E-state index in [1.807, 2.05) is 55.5 Å². The average molecular weight is 444 g/mol. The second kappa shape index (κ2) is 9.86. The fourth-order valence-electron chi connectivity index (χ4n) is 3.27. The Morgan fingerprint density at radius 3 is 2.58 bits per heavy atom. The lowest BCUT2D eigenvalue weighted by Gasteiger charge is -2.11. The molecule has 0 saturated heterocycles. The summed E-state index contributed by atoms with van der Waals surface area (Å²) >= 11 is 0. The average Bonchev–Trinajstić information content (AvgIpc) is 3.32.